The molecule has 2 aliphatic carbocycles. The van der Waals surface area contributed by atoms with Crippen molar-refractivity contribution in [2.24, 2.45) is 5.92 Å². The number of rotatable bonds is 4. The molecule has 2 saturated carbocycles. The first kappa shape index (κ1) is 17.0. The smallest absolute Gasteiger partial charge is 0.338 e. The number of hydrogen-bond acceptors (Lipinski definition) is 4. The van der Waals surface area contributed by atoms with E-state index < -0.39 is 0 Å². The average Bonchev–Trinajstić information content (AvgIpc) is 2.64. The highest BCUT2D eigenvalue weighted by Crippen LogP contribution is 2.29. The number of carbonyl (C=O) groups is 2. The van der Waals surface area contributed by atoms with Crippen molar-refractivity contribution >= 4 is 11.9 Å². The lowest BCUT2D eigenvalue weighted by Gasteiger charge is -2.32. The summed E-state index contributed by atoms with van der Waals surface area (Å²) in [5.74, 6) is -0.394. The highest BCUT2D eigenvalue weighted by atomic mass is 16.6. The van der Waals surface area contributed by atoms with Crippen LogP contribution in [-0.2, 0) is 14.3 Å². The second-order valence-electron chi connectivity index (χ2n) is 6.90. The second kappa shape index (κ2) is 8.32. The molecule has 1 aromatic rings. The van der Waals surface area contributed by atoms with Gasteiger partial charge in [-0.1, -0.05) is 37.5 Å². The van der Waals surface area contributed by atoms with Crippen LogP contribution in [0.4, 0.5) is 0 Å². The summed E-state index contributed by atoms with van der Waals surface area (Å²) >= 11 is 0. The van der Waals surface area contributed by atoms with Crippen molar-refractivity contribution in [1.29, 1.82) is 0 Å². The lowest BCUT2D eigenvalue weighted by atomic mass is 9.89. The van der Waals surface area contributed by atoms with Gasteiger partial charge in [-0.3, -0.25) is 4.79 Å². The highest BCUT2D eigenvalue weighted by Gasteiger charge is 2.33. The van der Waals surface area contributed by atoms with Crippen molar-refractivity contribution in [1.82, 2.24) is 0 Å². The molecule has 0 heterocycles. The molecule has 0 aliphatic heterocycles. The first-order valence-electron chi connectivity index (χ1n) is 9.20. The Morgan fingerprint density at radius 3 is 2.00 bits per heavy atom. The van der Waals surface area contributed by atoms with E-state index in [0.29, 0.717) is 5.56 Å². The van der Waals surface area contributed by atoms with Crippen molar-refractivity contribution in [3.05, 3.63) is 35.9 Å². The molecule has 2 fully saturated rings. The molecule has 2 aliphatic rings. The maximum absolute atomic E-state index is 12.4. The third-order valence-electron chi connectivity index (χ3n) is 5.12. The number of hydrogen-bond donors (Lipinski definition) is 0. The van der Waals surface area contributed by atoms with Gasteiger partial charge in [0.25, 0.3) is 0 Å². The van der Waals surface area contributed by atoms with Crippen molar-refractivity contribution in [2.75, 3.05) is 0 Å². The molecule has 0 aromatic heterocycles. The average molecular weight is 330 g/mol. The Morgan fingerprint density at radius 1 is 0.750 bits per heavy atom. The van der Waals surface area contributed by atoms with E-state index in [9.17, 15) is 9.59 Å². The molecule has 0 saturated heterocycles. The normalized spacial score (nSPS) is 25.0. The van der Waals surface area contributed by atoms with Crippen LogP contribution in [0.2, 0.25) is 0 Å². The fourth-order valence-electron chi connectivity index (χ4n) is 3.70. The predicted octanol–water partition coefficient (Wildman–Crippen LogP) is 4.28. The molecule has 24 heavy (non-hydrogen) atoms. The standard InChI is InChI=1S/C20H26O4/c21-19(15-9-3-1-4-10-15)23-17-13-7-8-14-18(17)24-20(22)16-11-5-2-6-12-16/h1,3-4,9-10,16-18H,2,5-8,11-14H2. The summed E-state index contributed by atoms with van der Waals surface area (Å²) in [5, 5.41) is 0. The molecule has 1 aromatic carbocycles. The minimum atomic E-state index is -0.332. The third-order valence-corrected chi connectivity index (χ3v) is 5.12. The summed E-state index contributed by atoms with van der Waals surface area (Å²) in [6, 6.07) is 8.99. The molecule has 0 spiro atoms. The Hall–Kier alpha value is -1.84. The van der Waals surface area contributed by atoms with E-state index in [1.165, 1.54) is 6.42 Å². The molecule has 4 nitrogen and oxygen atoms in total. The van der Waals surface area contributed by atoms with Crippen LogP contribution < -0.4 is 0 Å². The molecular weight excluding hydrogens is 304 g/mol. The summed E-state index contributed by atoms with van der Waals surface area (Å²) < 4.78 is 11.4. The van der Waals surface area contributed by atoms with Crippen LogP contribution in [0, 0.1) is 5.92 Å². The lowest BCUT2D eigenvalue weighted by molar-refractivity contribution is -0.164. The minimum Gasteiger partial charge on any atom is -0.458 e. The van der Waals surface area contributed by atoms with Gasteiger partial charge in [0.05, 0.1) is 11.5 Å². The van der Waals surface area contributed by atoms with Crippen molar-refractivity contribution < 1.29 is 19.1 Å². The molecular formula is C20H26O4. The van der Waals surface area contributed by atoms with E-state index in [0.717, 1.165) is 51.4 Å². The van der Waals surface area contributed by atoms with Crippen molar-refractivity contribution in [2.45, 2.75) is 70.0 Å². The van der Waals surface area contributed by atoms with Gasteiger partial charge in [-0.25, -0.2) is 4.79 Å². The third kappa shape index (κ3) is 4.37. The van der Waals surface area contributed by atoms with Crippen LogP contribution in [0.1, 0.15) is 68.1 Å². The summed E-state index contributed by atoms with van der Waals surface area (Å²) in [7, 11) is 0. The van der Waals surface area contributed by atoms with Gasteiger partial charge in [0.2, 0.25) is 0 Å². The van der Waals surface area contributed by atoms with Crippen LogP contribution >= 0.6 is 0 Å². The van der Waals surface area contributed by atoms with Crippen LogP contribution in [0.25, 0.3) is 0 Å². The molecule has 4 heteroatoms. The van der Waals surface area contributed by atoms with Crippen LogP contribution in [0.3, 0.4) is 0 Å². The zero-order chi connectivity index (χ0) is 16.8. The molecule has 0 bridgehead atoms. The molecule has 0 N–H and O–H groups in total. The first-order chi connectivity index (χ1) is 11.7. The zero-order valence-corrected chi connectivity index (χ0v) is 14.1. The monoisotopic (exact) mass is 330 g/mol. The maximum Gasteiger partial charge on any atom is 0.338 e. The van der Waals surface area contributed by atoms with Gasteiger partial charge >= 0.3 is 11.9 Å². The topological polar surface area (TPSA) is 52.6 Å². The van der Waals surface area contributed by atoms with Crippen LogP contribution in [-0.4, -0.2) is 24.1 Å². The Morgan fingerprint density at radius 2 is 1.33 bits per heavy atom. The molecule has 0 radical (unpaired) electrons. The fourth-order valence-corrected chi connectivity index (χ4v) is 3.70. The highest BCUT2D eigenvalue weighted by molar-refractivity contribution is 5.89. The molecule has 130 valence electrons. The Labute approximate surface area is 143 Å². The summed E-state index contributed by atoms with van der Waals surface area (Å²) in [5.41, 5.74) is 0.542. The number of benzene rings is 1. The molecule has 0 amide bonds. The summed E-state index contributed by atoms with van der Waals surface area (Å²) in [4.78, 5) is 24.7. The van der Waals surface area contributed by atoms with Gasteiger partial charge in [-0.05, 0) is 50.7 Å². The molecule has 3 rings (SSSR count). The Bertz CT molecular complexity index is 548. The van der Waals surface area contributed by atoms with E-state index in [-0.39, 0.29) is 30.1 Å². The largest absolute Gasteiger partial charge is 0.458 e. The summed E-state index contributed by atoms with van der Waals surface area (Å²) in [6.07, 6.45) is 8.25. The zero-order valence-electron chi connectivity index (χ0n) is 14.1. The number of ether oxygens (including phenoxy) is 2. The van der Waals surface area contributed by atoms with E-state index in [2.05, 4.69) is 0 Å². The maximum atomic E-state index is 12.4. The Kier molecular flexibility index (Phi) is 5.89. The van der Waals surface area contributed by atoms with Gasteiger partial charge in [-0.2, -0.15) is 0 Å². The predicted molar refractivity (Wildman–Crippen MR) is 90.6 cm³/mol. The Balaban J connectivity index is 1.58. The van der Waals surface area contributed by atoms with Gasteiger partial charge in [0, 0.05) is 0 Å². The number of esters is 2. The first-order valence-corrected chi connectivity index (χ1v) is 9.20. The van der Waals surface area contributed by atoms with Gasteiger partial charge in [0.15, 0.2) is 0 Å². The van der Waals surface area contributed by atoms with E-state index in [1.54, 1.807) is 12.1 Å². The van der Waals surface area contributed by atoms with E-state index >= 15 is 0 Å². The van der Waals surface area contributed by atoms with Crippen LogP contribution in [0.5, 0.6) is 0 Å². The quantitative estimate of drug-likeness (QED) is 0.773. The van der Waals surface area contributed by atoms with Gasteiger partial charge < -0.3 is 9.47 Å². The van der Waals surface area contributed by atoms with Gasteiger partial charge in [-0.15, -0.1) is 0 Å². The van der Waals surface area contributed by atoms with Crippen molar-refractivity contribution in [3.8, 4) is 0 Å². The van der Waals surface area contributed by atoms with E-state index in [1.807, 2.05) is 18.2 Å². The summed E-state index contributed by atoms with van der Waals surface area (Å²) in [6.45, 7) is 0. The number of carbonyl (C=O) groups excluding carboxylic acids is 2. The SMILES string of the molecule is O=C(OC1CCCCC1OC(=O)C1CCCCC1)c1ccccc1. The molecule has 2 atom stereocenters. The van der Waals surface area contributed by atoms with Crippen LogP contribution in [0.15, 0.2) is 30.3 Å². The fraction of sp³-hybridized carbons (Fsp3) is 0.600. The van der Waals surface area contributed by atoms with Gasteiger partial charge in [0.1, 0.15) is 12.2 Å². The van der Waals surface area contributed by atoms with E-state index in [4.69, 9.17) is 9.47 Å². The molecule has 2 unspecified atom stereocenters. The lowest BCUT2D eigenvalue weighted by Crippen LogP contribution is -2.39. The second-order valence-corrected chi connectivity index (χ2v) is 6.90. The minimum absolute atomic E-state index is 0.0335. The van der Waals surface area contributed by atoms with Crippen molar-refractivity contribution in [3.63, 3.8) is 0 Å².